The number of aliphatic carboxylic acids is 1. The average Bonchev–Trinajstić information content (AvgIpc) is 2.38. The standard InChI is InChI=1S/C12H12F2N2O3/c13-7-2-1-3-8(14)10(7)11(17)16-5-4-15-6-9(16)12(18)19/h1-3,9,15H,4-6H2,(H,18,19). The lowest BCUT2D eigenvalue weighted by atomic mass is 10.1. The Morgan fingerprint density at radius 3 is 2.53 bits per heavy atom. The van der Waals surface area contributed by atoms with Crippen molar-refractivity contribution in [3.63, 3.8) is 0 Å². The van der Waals surface area contributed by atoms with E-state index in [1.54, 1.807) is 0 Å². The highest BCUT2D eigenvalue weighted by Crippen LogP contribution is 2.17. The maximum Gasteiger partial charge on any atom is 0.327 e. The van der Waals surface area contributed by atoms with Crippen LogP contribution in [-0.2, 0) is 4.79 Å². The van der Waals surface area contributed by atoms with Gasteiger partial charge in [0.2, 0.25) is 0 Å². The van der Waals surface area contributed by atoms with Crippen LogP contribution in [0, 0.1) is 11.6 Å². The molecule has 1 heterocycles. The van der Waals surface area contributed by atoms with Crippen molar-refractivity contribution in [2.24, 2.45) is 0 Å². The van der Waals surface area contributed by atoms with Gasteiger partial charge in [-0.3, -0.25) is 4.79 Å². The van der Waals surface area contributed by atoms with Crippen LogP contribution < -0.4 is 5.32 Å². The monoisotopic (exact) mass is 270 g/mol. The second-order valence-electron chi connectivity index (χ2n) is 4.15. The number of hydrogen-bond acceptors (Lipinski definition) is 3. The molecule has 0 aliphatic carbocycles. The van der Waals surface area contributed by atoms with E-state index in [1.807, 2.05) is 0 Å². The molecular weight excluding hydrogens is 258 g/mol. The van der Waals surface area contributed by atoms with Crippen LogP contribution in [0.1, 0.15) is 10.4 Å². The molecule has 1 fully saturated rings. The zero-order valence-corrected chi connectivity index (χ0v) is 9.90. The molecule has 1 aliphatic rings. The molecule has 2 N–H and O–H groups in total. The van der Waals surface area contributed by atoms with Crippen LogP contribution in [0.15, 0.2) is 18.2 Å². The fourth-order valence-electron chi connectivity index (χ4n) is 2.01. The molecule has 1 aliphatic heterocycles. The van der Waals surface area contributed by atoms with E-state index in [9.17, 15) is 18.4 Å². The fraction of sp³-hybridized carbons (Fsp3) is 0.333. The van der Waals surface area contributed by atoms with Crippen LogP contribution in [0.2, 0.25) is 0 Å². The summed E-state index contributed by atoms with van der Waals surface area (Å²) in [4.78, 5) is 24.1. The smallest absolute Gasteiger partial charge is 0.327 e. The van der Waals surface area contributed by atoms with E-state index in [0.717, 1.165) is 23.1 Å². The van der Waals surface area contributed by atoms with Crippen molar-refractivity contribution in [3.05, 3.63) is 35.4 Å². The Hall–Kier alpha value is -2.02. The Balaban J connectivity index is 2.34. The quantitative estimate of drug-likeness (QED) is 0.819. The molecule has 1 amide bonds. The Morgan fingerprint density at radius 1 is 1.32 bits per heavy atom. The molecule has 5 nitrogen and oxygen atoms in total. The van der Waals surface area contributed by atoms with Crippen LogP contribution in [0.5, 0.6) is 0 Å². The van der Waals surface area contributed by atoms with E-state index < -0.39 is 35.1 Å². The summed E-state index contributed by atoms with van der Waals surface area (Å²) in [7, 11) is 0. The van der Waals surface area contributed by atoms with Gasteiger partial charge >= 0.3 is 5.97 Å². The van der Waals surface area contributed by atoms with E-state index in [0.29, 0.717) is 6.54 Å². The molecule has 0 radical (unpaired) electrons. The molecule has 102 valence electrons. The molecule has 1 aromatic rings. The van der Waals surface area contributed by atoms with Crippen molar-refractivity contribution < 1.29 is 23.5 Å². The van der Waals surface area contributed by atoms with E-state index >= 15 is 0 Å². The summed E-state index contributed by atoms with van der Waals surface area (Å²) in [6.07, 6.45) is 0. The third kappa shape index (κ3) is 2.55. The highest BCUT2D eigenvalue weighted by atomic mass is 19.1. The van der Waals surface area contributed by atoms with Gasteiger partial charge in [0.1, 0.15) is 23.2 Å². The molecule has 7 heteroatoms. The molecule has 0 spiro atoms. The molecule has 1 unspecified atom stereocenters. The fourth-order valence-corrected chi connectivity index (χ4v) is 2.01. The molecule has 0 aromatic heterocycles. The minimum atomic E-state index is -1.21. The number of nitrogens with zero attached hydrogens (tertiary/aromatic N) is 1. The number of rotatable bonds is 2. The molecule has 1 atom stereocenters. The number of carbonyl (C=O) groups excluding carboxylic acids is 1. The van der Waals surface area contributed by atoms with E-state index in [1.165, 1.54) is 0 Å². The van der Waals surface area contributed by atoms with Crippen LogP contribution in [-0.4, -0.2) is 47.6 Å². The number of carbonyl (C=O) groups is 2. The largest absolute Gasteiger partial charge is 0.480 e. The van der Waals surface area contributed by atoms with Gasteiger partial charge in [-0.25, -0.2) is 13.6 Å². The first-order chi connectivity index (χ1) is 9.02. The topological polar surface area (TPSA) is 69.6 Å². The van der Waals surface area contributed by atoms with Crippen molar-refractivity contribution >= 4 is 11.9 Å². The van der Waals surface area contributed by atoms with Crippen LogP contribution in [0.25, 0.3) is 0 Å². The average molecular weight is 270 g/mol. The lowest BCUT2D eigenvalue weighted by molar-refractivity contribution is -0.142. The number of piperazine rings is 1. The first kappa shape index (κ1) is 13.4. The number of benzene rings is 1. The van der Waals surface area contributed by atoms with Gasteiger partial charge in [-0.2, -0.15) is 0 Å². The molecule has 19 heavy (non-hydrogen) atoms. The lowest BCUT2D eigenvalue weighted by Gasteiger charge is -2.33. The van der Waals surface area contributed by atoms with Crippen LogP contribution >= 0.6 is 0 Å². The number of carboxylic acid groups (broad SMARTS) is 1. The summed E-state index contributed by atoms with van der Waals surface area (Å²) in [5, 5.41) is 11.8. The number of carboxylic acids is 1. The van der Waals surface area contributed by atoms with Crippen molar-refractivity contribution in [2.45, 2.75) is 6.04 Å². The summed E-state index contributed by atoms with van der Waals surface area (Å²) in [5.41, 5.74) is -0.712. The molecule has 0 saturated carbocycles. The lowest BCUT2D eigenvalue weighted by Crippen LogP contribution is -2.57. The summed E-state index contributed by atoms with van der Waals surface area (Å²) in [5.74, 6) is -4.14. The van der Waals surface area contributed by atoms with Gasteiger partial charge in [0.05, 0.1) is 0 Å². The molecule has 1 saturated heterocycles. The third-order valence-corrected chi connectivity index (χ3v) is 2.97. The SMILES string of the molecule is O=C(O)C1CNCCN1C(=O)c1c(F)cccc1F. The Bertz CT molecular complexity index is 501. The van der Waals surface area contributed by atoms with Gasteiger partial charge in [0.25, 0.3) is 5.91 Å². The zero-order chi connectivity index (χ0) is 14.0. The van der Waals surface area contributed by atoms with Crippen molar-refractivity contribution in [3.8, 4) is 0 Å². The van der Waals surface area contributed by atoms with Crippen molar-refractivity contribution in [1.29, 1.82) is 0 Å². The van der Waals surface area contributed by atoms with Gasteiger partial charge in [0, 0.05) is 19.6 Å². The summed E-state index contributed by atoms with van der Waals surface area (Å²) >= 11 is 0. The summed E-state index contributed by atoms with van der Waals surface area (Å²) < 4.78 is 27.1. The van der Waals surface area contributed by atoms with E-state index in [4.69, 9.17) is 5.11 Å². The number of halogens is 2. The highest BCUT2D eigenvalue weighted by Gasteiger charge is 2.34. The van der Waals surface area contributed by atoms with Crippen molar-refractivity contribution in [2.75, 3.05) is 19.6 Å². The van der Waals surface area contributed by atoms with Crippen LogP contribution in [0.3, 0.4) is 0 Å². The van der Waals surface area contributed by atoms with Gasteiger partial charge in [-0.15, -0.1) is 0 Å². The van der Waals surface area contributed by atoms with Gasteiger partial charge in [-0.05, 0) is 12.1 Å². The van der Waals surface area contributed by atoms with E-state index in [2.05, 4.69) is 5.32 Å². The van der Waals surface area contributed by atoms with Gasteiger partial charge < -0.3 is 15.3 Å². The molecule has 0 bridgehead atoms. The zero-order valence-electron chi connectivity index (χ0n) is 9.90. The van der Waals surface area contributed by atoms with Crippen molar-refractivity contribution in [1.82, 2.24) is 10.2 Å². The third-order valence-electron chi connectivity index (χ3n) is 2.97. The first-order valence-electron chi connectivity index (χ1n) is 5.71. The summed E-state index contributed by atoms with van der Waals surface area (Å²) in [6, 6.07) is 1.96. The van der Waals surface area contributed by atoms with Crippen LogP contribution in [0.4, 0.5) is 8.78 Å². The number of hydrogen-bond donors (Lipinski definition) is 2. The minimum Gasteiger partial charge on any atom is -0.480 e. The van der Waals surface area contributed by atoms with Gasteiger partial charge in [-0.1, -0.05) is 6.07 Å². The molecule has 1 aromatic carbocycles. The maximum atomic E-state index is 13.5. The minimum absolute atomic E-state index is 0.0527. The Morgan fingerprint density at radius 2 is 1.95 bits per heavy atom. The van der Waals surface area contributed by atoms with E-state index in [-0.39, 0.29) is 13.1 Å². The second-order valence-corrected chi connectivity index (χ2v) is 4.15. The maximum absolute atomic E-state index is 13.5. The normalized spacial score (nSPS) is 19.3. The molecule has 2 rings (SSSR count). The molecular formula is C12H12F2N2O3. The Labute approximate surface area is 107 Å². The predicted octanol–water partition coefficient (Wildman–Crippen LogP) is 0.463. The number of nitrogens with one attached hydrogen (secondary N) is 1. The van der Waals surface area contributed by atoms with Gasteiger partial charge in [0.15, 0.2) is 0 Å². The summed E-state index contributed by atoms with van der Waals surface area (Å²) in [6.45, 7) is 0.520. The highest BCUT2D eigenvalue weighted by molar-refractivity contribution is 5.97. The first-order valence-corrected chi connectivity index (χ1v) is 5.71. The Kier molecular flexibility index (Phi) is 3.75. The number of amides is 1. The second kappa shape index (κ2) is 5.31. The predicted molar refractivity (Wildman–Crippen MR) is 61.7 cm³/mol.